The molecule has 1 aromatic heterocycles. The summed E-state index contributed by atoms with van der Waals surface area (Å²) < 4.78 is 1.50. The first-order chi connectivity index (χ1) is 15.1. The predicted octanol–water partition coefficient (Wildman–Crippen LogP) is 3.44. The van der Waals surface area contributed by atoms with Gasteiger partial charge >= 0.3 is 12.0 Å². The number of fused-ring (bicyclic) bond motifs is 2. The molecule has 2 aliphatic carbocycles. The maximum atomic E-state index is 13.4. The Morgan fingerprint density at radius 1 is 1.10 bits per heavy atom. The molecule has 2 saturated carbocycles. The SMILES string of the molecule is O=C(O)CCC(=O)N(C1CC1)C1c2ccccc2N(C(=O)n2ccnc2)C2CCCC21. The summed E-state index contributed by atoms with van der Waals surface area (Å²) in [5.41, 5.74) is 1.82. The summed E-state index contributed by atoms with van der Waals surface area (Å²) in [5, 5.41) is 9.08. The number of imidazole rings is 1. The van der Waals surface area contributed by atoms with E-state index in [1.807, 2.05) is 34.1 Å². The summed E-state index contributed by atoms with van der Waals surface area (Å²) in [6, 6.07) is 7.77. The summed E-state index contributed by atoms with van der Waals surface area (Å²) in [4.78, 5) is 45.6. The van der Waals surface area contributed by atoms with Gasteiger partial charge in [0.25, 0.3) is 0 Å². The first-order valence-electron chi connectivity index (χ1n) is 11.0. The predicted molar refractivity (Wildman–Crippen MR) is 113 cm³/mol. The lowest BCUT2D eigenvalue weighted by Crippen LogP contribution is -2.53. The minimum Gasteiger partial charge on any atom is -0.481 e. The summed E-state index contributed by atoms with van der Waals surface area (Å²) in [6.45, 7) is 0. The number of amides is 2. The van der Waals surface area contributed by atoms with Crippen LogP contribution >= 0.6 is 0 Å². The monoisotopic (exact) mass is 422 g/mol. The van der Waals surface area contributed by atoms with E-state index in [0.29, 0.717) is 0 Å². The summed E-state index contributed by atoms with van der Waals surface area (Å²) in [5.74, 6) is -0.912. The third kappa shape index (κ3) is 3.49. The molecule has 3 aliphatic rings. The van der Waals surface area contributed by atoms with E-state index in [1.54, 1.807) is 12.4 Å². The van der Waals surface area contributed by atoms with Crippen molar-refractivity contribution >= 4 is 23.6 Å². The second-order valence-corrected chi connectivity index (χ2v) is 8.71. The first-order valence-corrected chi connectivity index (χ1v) is 11.0. The quantitative estimate of drug-likeness (QED) is 0.796. The second kappa shape index (κ2) is 7.83. The van der Waals surface area contributed by atoms with Crippen molar-refractivity contribution in [2.45, 2.75) is 63.1 Å². The number of aromatic nitrogens is 2. The van der Waals surface area contributed by atoms with Crippen molar-refractivity contribution in [3.05, 3.63) is 48.5 Å². The standard InChI is InChI=1S/C23H26N4O4/c28-20(10-11-21(29)30)26(15-8-9-15)22-16-4-1-2-6-18(16)27(19-7-3-5-17(19)22)23(31)25-13-12-24-14-25/h1-2,4,6,12-15,17,19,22H,3,5,7-11H2,(H,29,30). The van der Waals surface area contributed by atoms with Crippen molar-refractivity contribution in [3.8, 4) is 0 Å². The van der Waals surface area contributed by atoms with Crippen molar-refractivity contribution in [1.29, 1.82) is 0 Å². The van der Waals surface area contributed by atoms with E-state index in [9.17, 15) is 14.4 Å². The van der Waals surface area contributed by atoms with Crippen LogP contribution < -0.4 is 4.90 Å². The van der Waals surface area contributed by atoms with Crippen LogP contribution in [0.2, 0.25) is 0 Å². The fourth-order valence-electron chi connectivity index (χ4n) is 5.40. The number of carboxylic acid groups (broad SMARTS) is 1. The molecule has 1 aromatic carbocycles. The Morgan fingerprint density at radius 2 is 1.90 bits per heavy atom. The molecule has 2 amide bonds. The Labute approximate surface area is 180 Å². The largest absolute Gasteiger partial charge is 0.481 e. The van der Waals surface area contributed by atoms with Crippen molar-refractivity contribution < 1.29 is 19.5 Å². The number of nitrogens with zero attached hydrogens (tertiary/aromatic N) is 4. The highest BCUT2D eigenvalue weighted by molar-refractivity contribution is 5.96. The highest BCUT2D eigenvalue weighted by Crippen LogP contribution is 2.52. The van der Waals surface area contributed by atoms with Gasteiger partial charge in [0.05, 0.1) is 18.2 Å². The zero-order valence-electron chi connectivity index (χ0n) is 17.3. The first kappa shape index (κ1) is 19.8. The van der Waals surface area contributed by atoms with Gasteiger partial charge in [-0.3, -0.25) is 19.1 Å². The molecule has 2 fully saturated rings. The lowest BCUT2D eigenvalue weighted by atomic mass is 9.81. The number of hydrogen-bond acceptors (Lipinski definition) is 4. The molecule has 3 atom stereocenters. The molecule has 0 spiro atoms. The van der Waals surface area contributed by atoms with Crippen LogP contribution in [-0.4, -0.2) is 49.5 Å². The van der Waals surface area contributed by atoms with E-state index in [4.69, 9.17) is 5.11 Å². The van der Waals surface area contributed by atoms with Crippen molar-refractivity contribution in [2.75, 3.05) is 4.90 Å². The number of hydrogen-bond donors (Lipinski definition) is 1. The van der Waals surface area contributed by atoms with Crippen LogP contribution in [0.4, 0.5) is 10.5 Å². The lowest BCUT2D eigenvalue weighted by molar-refractivity contribution is -0.142. The molecule has 0 saturated heterocycles. The normalized spacial score (nSPS) is 24.4. The van der Waals surface area contributed by atoms with Crippen LogP contribution in [0.3, 0.4) is 0 Å². The molecule has 3 unspecified atom stereocenters. The second-order valence-electron chi connectivity index (χ2n) is 8.71. The van der Waals surface area contributed by atoms with E-state index in [2.05, 4.69) is 4.98 Å². The van der Waals surface area contributed by atoms with Gasteiger partial charge in [-0.1, -0.05) is 24.6 Å². The molecule has 8 heteroatoms. The van der Waals surface area contributed by atoms with Gasteiger partial charge in [-0.25, -0.2) is 9.78 Å². The molecule has 2 heterocycles. The number of carbonyl (C=O) groups excluding carboxylic acids is 2. The van der Waals surface area contributed by atoms with Crippen LogP contribution in [0.25, 0.3) is 0 Å². The highest BCUT2D eigenvalue weighted by Gasteiger charge is 2.51. The van der Waals surface area contributed by atoms with Crippen molar-refractivity contribution in [1.82, 2.24) is 14.5 Å². The third-order valence-electron chi connectivity index (χ3n) is 6.80. The maximum Gasteiger partial charge on any atom is 0.334 e. The van der Waals surface area contributed by atoms with E-state index < -0.39 is 5.97 Å². The Bertz CT molecular complexity index is 1000. The molecule has 162 valence electrons. The molecule has 5 rings (SSSR count). The van der Waals surface area contributed by atoms with Gasteiger partial charge in [0.2, 0.25) is 5.91 Å². The van der Waals surface area contributed by atoms with E-state index in [1.165, 1.54) is 10.9 Å². The molecule has 0 bridgehead atoms. The summed E-state index contributed by atoms with van der Waals surface area (Å²) in [6.07, 6.45) is 9.35. The van der Waals surface area contributed by atoms with Crippen LogP contribution in [0.1, 0.15) is 56.6 Å². The molecule has 2 aromatic rings. The topological polar surface area (TPSA) is 95.7 Å². The van der Waals surface area contributed by atoms with Crippen LogP contribution in [0, 0.1) is 5.92 Å². The van der Waals surface area contributed by atoms with Gasteiger partial charge in [-0.15, -0.1) is 0 Å². The number of anilines is 1. The van der Waals surface area contributed by atoms with Crippen LogP contribution in [0.5, 0.6) is 0 Å². The Balaban J connectivity index is 1.56. The third-order valence-corrected chi connectivity index (χ3v) is 6.80. The fraction of sp³-hybridized carbons (Fsp3) is 0.478. The van der Waals surface area contributed by atoms with Crippen LogP contribution in [0.15, 0.2) is 43.0 Å². The molecule has 1 aliphatic heterocycles. The lowest BCUT2D eigenvalue weighted by Gasteiger charge is -2.47. The zero-order chi connectivity index (χ0) is 21.5. The number of para-hydroxylation sites is 1. The summed E-state index contributed by atoms with van der Waals surface area (Å²) >= 11 is 0. The zero-order valence-corrected chi connectivity index (χ0v) is 17.3. The molecule has 0 radical (unpaired) electrons. The van der Waals surface area contributed by atoms with Crippen molar-refractivity contribution in [2.24, 2.45) is 5.92 Å². The minimum absolute atomic E-state index is 0.00308. The maximum absolute atomic E-state index is 13.4. The molecule has 31 heavy (non-hydrogen) atoms. The van der Waals surface area contributed by atoms with Gasteiger partial charge in [0, 0.05) is 36.8 Å². The van der Waals surface area contributed by atoms with E-state index >= 15 is 0 Å². The number of carbonyl (C=O) groups is 3. The van der Waals surface area contributed by atoms with Gasteiger partial charge < -0.3 is 10.0 Å². The summed E-state index contributed by atoms with van der Waals surface area (Å²) in [7, 11) is 0. The highest BCUT2D eigenvalue weighted by atomic mass is 16.4. The molecular formula is C23H26N4O4. The average Bonchev–Trinajstić information content (AvgIpc) is 3.24. The van der Waals surface area contributed by atoms with Crippen molar-refractivity contribution in [3.63, 3.8) is 0 Å². The number of benzene rings is 1. The van der Waals surface area contributed by atoms with Gasteiger partial charge in [0.1, 0.15) is 6.33 Å². The number of rotatable bonds is 5. The van der Waals surface area contributed by atoms with Gasteiger partial charge in [-0.05, 0) is 37.3 Å². The number of carboxylic acids is 1. The Morgan fingerprint density at radius 3 is 2.61 bits per heavy atom. The number of aliphatic carboxylic acids is 1. The van der Waals surface area contributed by atoms with Crippen LogP contribution in [-0.2, 0) is 9.59 Å². The molecule has 1 N–H and O–H groups in total. The Kier molecular flexibility index (Phi) is 5.00. The molecular weight excluding hydrogens is 396 g/mol. The Hall–Kier alpha value is -3.16. The minimum atomic E-state index is -0.955. The fourth-order valence-corrected chi connectivity index (χ4v) is 5.40. The van der Waals surface area contributed by atoms with Gasteiger partial charge in [0.15, 0.2) is 0 Å². The van der Waals surface area contributed by atoms with E-state index in [0.717, 1.165) is 43.4 Å². The van der Waals surface area contributed by atoms with Gasteiger partial charge in [-0.2, -0.15) is 0 Å². The van der Waals surface area contributed by atoms with E-state index in [-0.39, 0.29) is 48.8 Å². The smallest absolute Gasteiger partial charge is 0.334 e. The molecule has 8 nitrogen and oxygen atoms in total. The average molecular weight is 422 g/mol.